The zero-order valence-corrected chi connectivity index (χ0v) is 19.4. The molecular weight excluding hydrogens is 416 g/mol. The first-order valence-electron chi connectivity index (χ1n) is 11.5. The summed E-state index contributed by atoms with van der Waals surface area (Å²) in [5, 5.41) is 3.02. The lowest BCUT2D eigenvalue weighted by Gasteiger charge is -2.32. The van der Waals surface area contributed by atoms with Crippen LogP contribution in [-0.4, -0.2) is 64.9 Å². The minimum absolute atomic E-state index is 0.00251. The molecule has 1 saturated heterocycles. The van der Waals surface area contributed by atoms with E-state index in [9.17, 15) is 4.79 Å². The van der Waals surface area contributed by atoms with E-state index in [1.807, 2.05) is 29.0 Å². The summed E-state index contributed by atoms with van der Waals surface area (Å²) in [5.74, 6) is 0.893. The third-order valence-electron chi connectivity index (χ3n) is 6.60. The molecule has 4 heterocycles. The van der Waals surface area contributed by atoms with E-state index < -0.39 is 0 Å². The molecule has 2 aromatic heterocycles. The molecule has 3 aromatic rings. The SMILES string of the molecule is CCc1cc(C2=CCN(C(=O)NC3COC3)CC2)ccc1N(C)c1cc2c(cn1)ncn2C. The Morgan fingerprint density at radius 2 is 2.12 bits per heavy atom. The molecule has 8 nitrogen and oxygen atoms in total. The molecular formula is C25H30N6O2. The van der Waals surface area contributed by atoms with E-state index in [1.54, 1.807) is 0 Å². The maximum absolute atomic E-state index is 12.4. The van der Waals surface area contributed by atoms with Gasteiger partial charge in [0.25, 0.3) is 0 Å². The van der Waals surface area contributed by atoms with Crippen LogP contribution in [0.2, 0.25) is 0 Å². The second-order valence-corrected chi connectivity index (χ2v) is 8.75. The van der Waals surface area contributed by atoms with Crippen molar-refractivity contribution in [2.75, 3.05) is 38.3 Å². The zero-order valence-electron chi connectivity index (χ0n) is 19.4. The average molecular weight is 447 g/mol. The Hall–Kier alpha value is -3.39. The van der Waals surface area contributed by atoms with Crippen LogP contribution in [0.25, 0.3) is 16.6 Å². The third-order valence-corrected chi connectivity index (χ3v) is 6.60. The highest BCUT2D eigenvalue weighted by Crippen LogP contribution is 2.32. The van der Waals surface area contributed by atoms with Crippen LogP contribution in [0.1, 0.15) is 24.5 Å². The van der Waals surface area contributed by atoms with Crippen molar-refractivity contribution in [3.63, 3.8) is 0 Å². The van der Waals surface area contributed by atoms with E-state index >= 15 is 0 Å². The number of imidazole rings is 1. The van der Waals surface area contributed by atoms with Gasteiger partial charge in [-0.05, 0) is 41.7 Å². The van der Waals surface area contributed by atoms with Crippen molar-refractivity contribution in [1.29, 1.82) is 0 Å². The second-order valence-electron chi connectivity index (χ2n) is 8.75. The first kappa shape index (κ1) is 21.5. The predicted molar refractivity (Wildman–Crippen MR) is 130 cm³/mol. The van der Waals surface area contributed by atoms with Crippen molar-refractivity contribution < 1.29 is 9.53 Å². The van der Waals surface area contributed by atoms with Crippen LogP contribution in [0.3, 0.4) is 0 Å². The first-order chi connectivity index (χ1) is 16.0. The fourth-order valence-corrected chi connectivity index (χ4v) is 4.42. The minimum atomic E-state index is 0.00251. The third kappa shape index (κ3) is 4.18. The van der Waals surface area contributed by atoms with Crippen molar-refractivity contribution >= 4 is 34.1 Å². The number of amides is 2. The number of fused-ring (bicyclic) bond motifs is 1. The lowest BCUT2D eigenvalue weighted by molar-refractivity contribution is -0.00187. The Morgan fingerprint density at radius 3 is 2.82 bits per heavy atom. The van der Waals surface area contributed by atoms with Gasteiger partial charge in [-0.15, -0.1) is 0 Å². The molecule has 1 aromatic carbocycles. The number of benzene rings is 1. The summed E-state index contributed by atoms with van der Waals surface area (Å²) in [6.07, 6.45) is 7.59. The van der Waals surface area contributed by atoms with Crippen LogP contribution in [0.15, 0.2) is 42.9 Å². The number of ether oxygens (including phenoxy) is 1. The maximum Gasteiger partial charge on any atom is 0.318 e. The molecule has 1 N–H and O–H groups in total. The molecule has 2 aliphatic heterocycles. The number of nitrogens with zero attached hydrogens (tertiary/aromatic N) is 5. The molecule has 8 heteroatoms. The summed E-state index contributed by atoms with van der Waals surface area (Å²) in [4.78, 5) is 25.4. The molecule has 2 aliphatic rings. The fourth-order valence-electron chi connectivity index (χ4n) is 4.42. The van der Waals surface area contributed by atoms with Crippen molar-refractivity contribution in [1.82, 2.24) is 24.8 Å². The van der Waals surface area contributed by atoms with Gasteiger partial charge in [-0.25, -0.2) is 14.8 Å². The summed E-state index contributed by atoms with van der Waals surface area (Å²) >= 11 is 0. The Kier molecular flexibility index (Phi) is 5.76. The van der Waals surface area contributed by atoms with Crippen LogP contribution in [0.5, 0.6) is 0 Å². The summed E-state index contributed by atoms with van der Waals surface area (Å²) in [7, 11) is 4.05. The van der Waals surface area contributed by atoms with Crippen molar-refractivity contribution in [3.8, 4) is 0 Å². The number of anilines is 2. The molecule has 0 saturated carbocycles. The highest BCUT2D eigenvalue weighted by Gasteiger charge is 2.25. The van der Waals surface area contributed by atoms with Gasteiger partial charge >= 0.3 is 6.03 Å². The number of rotatable bonds is 5. The van der Waals surface area contributed by atoms with Crippen molar-refractivity contribution in [2.45, 2.75) is 25.8 Å². The van der Waals surface area contributed by atoms with Gasteiger partial charge in [0.15, 0.2) is 0 Å². The van der Waals surface area contributed by atoms with Gasteiger partial charge in [-0.3, -0.25) is 0 Å². The van der Waals surface area contributed by atoms with E-state index in [0.717, 1.165) is 41.9 Å². The molecule has 0 radical (unpaired) electrons. The Balaban J connectivity index is 1.33. The largest absolute Gasteiger partial charge is 0.377 e. The number of pyridine rings is 1. The van der Waals surface area contributed by atoms with Gasteiger partial charge in [0.1, 0.15) is 11.3 Å². The highest BCUT2D eigenvalue weighted by atomic mass is 16.5. The molecule has 0 aliphatic carbocycles. The molecule has 2 amide bonds. The number of aromatic nitrogens is 3. The number of hydrogen-bond donors (Lipinski definition) is 1. The van der Waals surface area contributed by atoms with Crippen LogP contribution in [-0.2, 0) is 18.2 Å². The molecule has 0 bridgehead atoms. The molecule has 5 rings (SSSR count). The van der Waals surface area contributed by atoms with Gasteiger partial charge < -0.3 is 24.4 Å². The van der Waals surface area contributed by atoms with E-state index in [4.69, 9.17) is 4.74 Å². The van der Waals surface area contributed by atoms with E-state index in [-0.39, 0.29) is 12.1 Å². The van der Waals surface area contributed by atoms with Crippen molar-refractivity contribution in [3.05, 3.63) is 54.0 Å². The molecule has 1 fully saturated rings. The van der Waals surface area contributed by atoms with E-state index in [2.05, 4.69) is 64.5 Å². The first-order valence-corrected chi connectivity index (χ1v) is 11.5. The number of carbonyl (C=O) groups excluding carboxylic acids is 1. The Labute approximate surface area is 193 Å². The number of carbonyl (C=O) groups is 1. The topological polar surface area (TPSA) is 75.5 Å². The van der Waals surface area contributed by atoms with Crippen LogP contribution in [0, 0.1) is 0 Å². The van der Waals surface area contributed by atoms with Gasteiger partial charge in [0, 0.05) is 38.9 Å². The normalized spacial score (nSPS) is 16.5. The van der Waals surface area contributed by atoms with Gasteiger partial charge in [0.05, 0.1) is 37.3 Å². The number of nitrogens with one attached hydrogen (secondary N) is 1. The monoisotopic (exact) mass is 446 g/mol. The van der Waals surface area contributed by atoms with Gasteiger partial charge in [-0.2, -0.15) is 0 Å². The highest BCUT2D eigenvalue weighted by molar-refractivity contribution is 5.80. The summed E-state index contributed by atoms with van der Waals surface area (Å²) in [6, 6.07) is 8.88. The number of aryl methyl sites for hydroxylation is 2. The molecule has 0 unspecified atom stereocenters. The maximum atomic E-state index is 12.4. The van der Waals surface area contributed by atoms with E-state index in [1.165, 1.54) is 16.7 Å². The van der Waals surface area contributed by atoms with E-state index in [0.29, 0.717) is 19.8 Å². The molecule has 33 heavy (non-hydrogen) atoms. The molecule has 172 valence electrons. The molecule has 0 atom stereocenters. The lowest BCUT2D eigenvalue weighted by atomic mass is 9.96. The lowest BCUT2D eigenvalue weighted by Crippen LogP contribution is -2.53. The summed E-state index contributed by atoms with van der Waals surface area (Å²) in [5.41, 5.74) is 6.90. The van der Waals surface area contributed by atoms with Gasteiger partial charge in [0.2, 0.25) is 0 Å². The average Bonchev–Trinajstić information content (AvgIpc) is 3.20. The fraction of sp³-hybridized carbons (Fsp3) is 0.400. The number of hydrogen-bond acceptors (Lipinski definition) is 5. The Bertz CT molecular complexity index is 1210. The quantitative estimate of drug-likeness (QED) is 0.649. The standard InChI is InChI=1S/C25H30N6O2/c1-4-17-11-19(18-7-9-31(10-8-18)25(32)28-20-14-33-15-20)5-6-22(17)30(3)24-12-23-21(13-26-24)27-16-29(23)2/h5-7,11-13,16,20H,4,8-10,14-15H2,1-3H3,(H,28,32). The van der Waals surface area contributed by atoms with Crippen LogP contribution in [0.4, 0.5) is 16.3 Å². The molecule has 0 spiro atoms. The van der Waals surface area contributed by atoms with Crippen LogP contribution < -0.4 is 10.2 Å². The van der Waals surface area contributed by atoms with Crippen molar-refractivity contribution in [2.24, 2.45) is 7.05 Å². The van der Waals surface area contributed by atoms with Crippen LogP contribution >= 0.6 is 0 Å². The number of urea groups is 1. The Morgan fingerprint density at radius 1 is 1.27 bits per heavy atom. The second kappa shape index (κ2) is 8.86. The van der Waals surface area contributed by atoms with Gasteiger partial charge in [-0.1, -0.05) is 19.1 Å². The summed E-state index contributed by atoms with van der Waals surface area (Å²) in [6.45, 7) is 4.77. The summed E-state index contributed by atoms with van der Waals surface area (Å²) < 4.78 is 7.15. The predicted octanol–water partition coefficient (Wildman–Crippen LogP) is 3.50. The zero-order chi connectivity index (χ0) is 22.9. The minimum Gasteiger partial charge on any atom is -0.377 e. The smallest absolute Gasteiger partial charge is 0.318 e.